The fourth-order valence-corrected chi connectivity index (χ4v) is 8.83. The number of furan rings is 1. The molecule has 0 fully saturated rings. The third-order valence-corrected chi connectivity index (χ3v) is 11.5. The Morgan fingerprint density at radius 1 is 0.526 bits per heavy atom. The second kappa shape index (κ2) is 12.0. The van der Waals surface area contributed by atoms with E-state index < -0.39 is 11.7 Å². The lowest BCUT2D eigenvalue weighted by Gasteiger charge is -2.21. The van der Waals surface area contributed by atoms with E-state index in [-0.39, 0.29) is 28.1 Å². The van der Waals surface area contributed by atoms with Crippen molar-refractivity contribution < 1.29 is 17.6 Å². The van der Waals surface area contributed by atoms with Gasteiger partial charge < -0.3 is 8.98 Å². The summed E-state index contributed by atoms with van der Waals surface area (Å²) in [6.07, 6.45) is -4.79. The first-order valence-corrected chi connectivity index (χ1v) is 18.8. The van der Waals surface area contributed by atoms with Crippen molar-refractivity contribution in [2.24, 2.45) is 0 Å². The van der Waals surface area contributed by atoms with Crippen molar-refractivity contribution in [3.05, 3.63) is 168 Å². The van der Waals surface area contributed by atoms with Crippen LogP contribution in [-0.4, -0.2) is 19.5 Å². The van der Waals surface area contributed by atoms with Gasteiger partial charge in [0.25, 0.3) is 0 Å². The highest BCUT2D eigenvalue weighted by atomic mass is 19.4. The number of aromatic nitrogens is 4. The zero-order valence-electron chi connectivity index (χ0n) is 30.8. The largest absolute Gasteiger partial charge is 0.455 e. The number of hydrogen-bond acceptors (Lipinski definition) is 4. The lowest BCUT2D eigenvalue weighted by Crippen LogP contribution is -2.14. The Labute approximate surface area is 324 Å². The van der Waals surface area contributed by atoms with Crippen LogP contribution in [0, 0.1) is 0 Å². The summed E-state index contributed by atoms with van der Waals surface area (Å²) in [4.78, 5) is 14.5. The molecule has 8 heteroatoms. The molecule has 0 amide bonds. The molecule has 0 bridgehead atoms. The fraction of sp³-hybridized carbons (Fsp3) is 0.0816. The average molecular weight is 749 g/mol. The normalized spacial score (nSPS) is 13.5. The van der Waals surface area contributed by atoms with E-state index in [1.54, 1.807) is 10.6 Å². The van der Waals surface area contributed by atoms with Crippen LogP contribution in [0.1, 0.15) is 30.5 Å². The van der Waals surface area contributed by atoms with Gasteiger partial charge in [-0.05, 0) is 52.6 Å². The summed E-state index contributed by atoms with van der Waals surface area (Å²) >= 11 is 0. The molecule has 10 aromatic rings. The Morgan fingerprint density at radius 3 is 1.82 bits per heavy atom. The first kappa shape index (κ1) is 33.3. The van der Waals surface area contributed by atoms with Crippen molar-refractivity contribution in [1.29, 1.82) is 0 Å². The quantitative estimate of drug-likeness (QED) is 0.180. The maximum Gasteiger partial charge on any atom is 0.418 e. The average Bonchev–Trinajstić information content (AvgIpc) is 3.85. The zero-order chi connectivity index (χ0) is 38.6. The standard InChI is InChI=1S/C49H31F3N4O/c1-48(2)36-22-12-9-19-30(36)33-27-40-34(25-37(33)48)31-20-10-13-23-39(31)56(40)43-38(49(50,51)52)26-35(44-42(43)32-21-11-14-24-41(32)57-44)47-54-45(28-15-5-3-6-16-28)53-46(55-47)29-17-7-4-8-18-29/h3-27H,1-2H3. The molecule has 3 aromatic heterocycles. The molecular formula is C49H31F3N4O. The zero-order valence-corrected chi connectivity index (χ0v) is 30.8. The number of benzene rings is 7. The Balaban J connectivity index is 1.29. The fourth-order valence-electron chi connectivity index (χ4n) is 8.83. The van der Waals surface area contributed by atoms with Gasteiger partial charge in [-0.15, -0.1) is 0 Å². The van der Waals surface area contributed by atoms with E-state index in [4.69, 9.17) is 19.4 Å². The van der Waals surface area contributed by atoms with E-state index >= 15 is 13.2 Å². The topological polar surface area (TPSA) is 56.7 Å². The molecule has 57 heavy (non-hydrogen) atoms. The molecule has 1 aliphatic rings. The number of fused-ring (bicyclic) bond motifs is 9. The highest BCUT2D eigenvalue weighted by Gasteiger charge is 2.40. The summed E-state index contributed by atoms with van der Waals surface area (Å²) in [7, 11) is 0. The summed E-state index contributed by atoms with van der Waals surface area (Å²) < 4.78 is 56.7. The minimum absolute atomic E-state index is 0.0106. The first-order valence-electron chi connectivity index (χ1n) is 18.8. The Kier molecular flexibility index (Phi) is 6.99. The number of alkyl halides is 3. The van der Waals surface area contributed by atoms with E-state index in [9.17, 15) is 0 Å². The second-order valence-corrected chi connectivity index (χ2v) is 15.1. The lowest BCUT2D eigenvalue weighted by molar-refractivity contribution is -0.137. The monoisotopic (exact) mass is 748 g/mol. The van der Waals surface area contributed by atoms with Crippen molar-refractivity contribution in [3.8, 4) is 51.0 Å². The summed E-state index contributed by atoms with van der Waals surface area (Å²) in [5, 5.41) is 2.61. The van der Waals surface area contributed by atoms with E-state index in [0.29, 0.717) is 50.2 Å². The number of halogens is 3. The van der Waals surface area contributed by atoms with E-state index in [0.717, 1.165) is 33.5 Å². The predicted octanol–water partition coefficient (Wildman–Crippen LogP) is 13.2. The SMILES string of the molecule is CC1(C)c2ccccc2-c2cc3c(cc21)c1ccccc1n3-c1c(C(F)(F)F)cc(-c2nc(-c3ccccc3)nc(-c3ccccc3)n2)c2oc3ccccc3c12. The van der Waals surface area contributed by atoms with Crippen LogP contribution < -0.4 is 0 Å². The van der Waals surface area contributed by atoms with Crippen LogP contribution in [0.25, 0.3) is 94.7 Å². The predicted molar refractivity (Wildman–Crippen MR) is 220 cm³/mol. The molecule has 0 aliphatic heterocycles. The highest BCUT2D eigenvalue weighted by Crippen LogP contribution is 2.53. The smallest absolute Gasteiger partial charge is 0.418 e. The van der Waals surface area contributed by atoms with Gasteiger partial charge >= 0.3 is 6.18 Å². The molecule has 0 radical (unpaired) electrons. The highest BCUT2D eigenvalue weighted by molar-refractivity contribution is 6.18. The molecule has 0 N–H and O–H groups in total. The molecule has 1 aliphatic carbocycles. The molecule has 0 atom stereocenters. The third-order valence-electron chi connectivity index (χ3n) is 11.5. The molecule has 11 rings (SSSR count). The Hall–Kier alpha value is -7.06. The van der Waals surface area contributed by atoms with Gasteiger partial charge in [0.2, 0.25) is 0 Å². The van der Waals surface area contributed by atoms with Gasteiger partial charge in [-0.1, -0.05) is 135 Å². The van der Waals surface area contributed by atoms with Crippen LogP contribution in [0.2, 0.25) is 0 Å². The van der Waals surface area contributed by atoms with Gasteiger partial charge in [-0.2, -0.15) is 13.2 Å². The minimum Gasteiger partial charge on any atom is -0.455 e. The maximum atomic E-state index is 16.1. The molecule has 7 aromatic carbocycles. The lowest BCUT2D eigenvalue weighted by atomic mass is 9.82. The Morgan fingerprint density at radius 2 is 1.12 bits per heavy atom. The van der Waals surface area contributed by atoms with Crippen LogP contribution >= 0.6 is 0 Å². The van der Waals surface area contributed by atoms with Crippen molar-refractivity contribution in [2.45, 2.75) is 25.4 Å². The van der Waals surface area contributed by atoms with Crippen molar-refractivity contribution in [3.63, 3.8) is 0 Å². The van der Waals surface area contributed by atoms with Crippen LogP contribution in [0.5, 0.6) is 0 Å². The van der Waals surface area contributed by atoms with E-state index in [1.807, 2.05) is 115 Å². The van der Waals surface area contributed by atoms with Gasteiger partial charge in [0.15, 0.2) is 17.5 Å². The minimum atomic E-state index is -4.79. The number of nitrogens with zero attached hydrogens (tertiary/aromatic N) is 4. The van der Waals surface area contributed by atoms with Crippen molar-refractivity contribution in [2.75, 3.05) is 0 Å². The van der Waals surface area contributed by atoms with Crippen LogP contribution in [0.15, 0.2) is 156 Å². The molecule has 0 saturated carbocycles. The van der Waals surface area contributed by atoms with Crippen LogP contribution in [-0.2, 0) is 11.6 Å². The van der Waals surface area contributed by atoms with E-state index in [1.165, 1.54) is 5.56 Å². The van der Waals surface area contributed by atoms with Gasteiger partial charge in [-0.25, -0.2) is 15.0 Å². The van der Waals surface area contributed by atoms with E-state index in [2.05, 4.69) is 38.1 Å². The van der Waals surface area contributed by atoms with Crippen LogP contribution in [0.3, 0.4) is 0 Å². The Bertz CT molecular complexity index is 3200. The molecule has 0 saturated heterocycles. The molecular weight excluding hydrogens is 718 g/mol. The second-order valence-electron chi connectivity index (χ2n) is 15.1. The van der Waals surface area contributed by atoms with Gasteiger partial charge in [-0.3, -0.25) is 0 Å². The summed E-state index contributed by atoms with van der Waals surface area (Å²) in [6, 6.07) is 47.4. The maximum absolute atomic E-state index is 16.1. The molecule has 5 nitrogen and oxygen atoms in total. The molecule has 0 spiro atoms. The van der Waals surface area contributed by atoms with Gasteiger partial charge in [0.05, 0.1) is 33.2 Å². The van der Waals surface area contributed by atoms with Gasteiger partial charge in [0.1, 0.15) is 11.2 Å². The molecule has 3 heterocycles. The first-order chi connectivity index (χ1) is 27.7. The van der Waals surface area contributed by atoms with Crippen molar-refractivity contribution in [1.82, 2.24) is 19.5 Å². The summed E-state index contributed by atoms with van der Waals surface area (Å²) in [5.74, 6) is 0.740. The number of rotatable bonds is 4. The molecule has 274 valence electrons. The number of hydrogen-bond donors (Lipinski definition) is 0. The summed E-state index contributed by atoms with van der Waals surface area (Å²) in [5.41, 5.74) is 6.85. The van der Waals surface area contributed by atoms with Crippen LogP contribution in [0.4, 0.5) is 13.2 Å². The third kappa shape index (κ3) is 4.93. The summed E-state index contributed by atoms with van der Waals surface area (Å²) in [6.45, 7) is 4.41. The van der Waals surface area contributed by atoms with Crippen molar-refractivity contribution >= 4 is 43.7 Å². The molecule has 0 unspecified atom stereocenters. The number of para-hydroxylation sites is 2. The van der Waals surface area contributed by atoms with Gasteiger partial charge in [0, 0.05) is 32.7 Å².